The Labute approximate surface area is 271 Å². The summed E-state index contributed by atoms with van der Waals surface area (Å²) < 4.78 is 57.3. The molecule has 0 fully saturated rings. The van der Waals surface area contributed by atoms with Crippen molar-refractivity contribution in [2.24, 2.45) is 5.92 Å². The van der Waals surface area contributed by atoms with E-state index in [1.807, 2.05) is 38.1 Å². The smallest absolute Gasteiger partial charge is 0.243 e. The van der Waals surface area contributed by atoms with Crippen LogP contribution in [0.5, 0.6) is 0 Å². The van der Waals surface area contributed by atoms with Gasteiger partial charge in [0.15, 0.2) is 0 Å². The van der Waals surface area contributed by atoms with Crippen LogP contribution in [0.15, 0.2) is 94.9 Å². The lowest BCUT2D eigenvalue weighted by Gasteiger charge is -2.31. The number of nitrogens with one attached hydrogen (secondary N) is 3. The van der Waals surface area contributed by atoms with Crippen molar-refractivity contribution in [3.8, 4) is 0 Å². The molecule has 4 aromatic rings. The number of aromatic nitrogens is 1. The van der Waals surface area contributed by atoms with Gasteiger partial charge in [0, 0.05) is 41.9 Å². The minimum Gasteiger partial charge on any atom is -0.399 e. The SMILES string of the molecule is CC(C)CN([C@H](CO)CCCCNC(=O)C(Cc1c[nH]c2ccccc12)NS(=O)(=O)c1ccccc1)S(=O)(=O)c1ccc(N)cc1. The van der Waals surface area contributed by atoms with Crippen molar-refractivity contribution in [2.45, 2.75) is 61.4 Å². The van der Waals surface area contributed by atoms with Crippen LogP contribution in [-0.2, 0) is 31.3 Å². The van der Waals surface area contributed by atoms with Crippen molar-refractivity contribution in [1.82, 2.24) is 19.3 Å². The fraction of sp³-hybridized carbons (Fsp3) is 0.364. The molecule has 6 N–H and O–H groups in total. The third kappa shape index (κ3) is 8.95. The van der Waals surface area contributed by atoms with Crippen molar-refractivity contribution in [1.29, 1.82) is 0 Å². The summed E-state index contributed by atoms with van der Waals surface area (Å²) in [6, 6.07) is 19.7. The molecule has 11 nitrogen and oxygen atoms in total. The molecule has 4 rings (SSSR count). The molecule has 1 amide bonds. The topological polar surface area (TPSA) is 175 Å². The average molecular weight is 670 g/mol. The minimum absolute atomic E-state index is 0.0191. The number of nitrogen functional groups attached to an aromatic ring is 1. The largest absolute Gasteiger partial charge is 0.399 e. The number of carbonyl (C=O) groups excluding carboxylic acids is 1. The molecule has 46 heavy (non-hydrogen) atoms. The summed E-state index contributed by atoms with van der Waals surface area (Å²) in [5, 5.41) is 14.0. The Hall–Kier alpha value is -3.75. The zero-order valence-electron chi connectivity index (χ0n) is 26.1. The zero-order valence-corrected chi connectivity index (χ0v) is 27.7. The maximum Gasteiger partial charge on any atom is 0.243 e. The first kappa shape index (κ1) is 35.1. The number of H-pyrrole nitrogens is 1. The van der Waals surface area contributed by atoms with Crippen molar-refractivity contribution in [3.63, 3.8) is 0 Å². The van der Waals surface area contributed by atoms with Gasteiger partial charge >= 0.3 is 0 Å². The molecule has 0 saturated carbocycles. The standard InChI is InChI=1S/C33H43N5O6S2/c1-24(2)22-38(46(43,44)29-17-15-26(34)16-18-29)27(23-39)10-8-9-19-35-33(40)32(37-45(41,42)28-11-4-3-5-12-28)20-25-21-36-31-14-7-6-13-30(25)31/h3-7,11-18,21,24,27,32,36-37,39H,8-10,19-20,22-23,34H2,1-2H3,(H,35,40)/t27-,32?/m0/s1. The van der Waals surface area contributed by atoms with E-state index >= 15 is 0 Å². The van der Waals surface area contributed by atoms with E-state index in [-0.39, 0.29) is 41.8 Å². The molecular weight excluding hydrogens is 627 g/mol. The summed E-state index contributed by atoms with van der Waals surface area (Å²) in [6.45, 7) is 3.93. The molecule has 0 aliphatic rings. The molecule has 2 atom stereocenters. The molecule has 0 aliphatic carbocycles. The van der Waals surface area contributed by atoms with E-state index in [0.29, 0.717) is 24.9 Å². The number of para-hydroxylation sites is 1. The van der Waals surface area contributed by atoms with E-state index in [9.17, 15) is 26.7 Å². The van der Waals surface area contributed by atoms with Crippen LogP contribution in [-0.4, -0.2) is 68.9 Å². The Bertz CT molecular complexity index is 1790. The van der Waals surface area contributed by atoms with E-state index in [4.69, 9.17) is 5.73 Å². The van der Waals surface area contributed by atoms with Crippen LogP contribution >= 0.6 is 0 Å². The summed E-state index contributed by atoms with van der Waals surface area (Å²) in [5.74, 6) is -0.457. The van der Waals surface area contributed by atoms with Crippen molar-refractivity contribution < 1.29 is 26.7 Å². The predicted octanol–water partition coefficient (Wildman–Crippen LogP) is 3.63. The lowest BCUT2D eigenvalue weighted by molar-refractivity contribution is -0.122. The number of aliphatic hydroxyl groups excluding tert-OH is 1. The molecule has 0 spiro atoms. The van der Waals surface area contributed by atoms with E-state index in [1.165, 1.54) is 40.7 Å². The fourth-order valence-electron chi connectivity index (χ4n) is 5.31. The fourth-order valence-corrected chi connectivity index (χ4v) is 8.33. The lowest BCUT2D eigenvalue weighted by Crippen LogP contribution is -2.48. The van der Waals surface area contributed by atoms with Gasteiger partial charge in [0.05, 0.1) is 16.4 Å². The number of nitrogens with zero attached hydrogens (tertiary/aromatic N) is 1. The van der Waals surface area contributed by atoms with Gasteiger partial charge < -0.3 is 21.1 Å². The second-order valence-corrected chi connectivity index (χ2v) is 15.3. The number of amides is 1. The van der Waals surface area contributed by atoms with Gasteiger partial charge in [-0.1, -0.05) is 56.7 Å². The number of unbranched alkanes of at least 4 members (excludes halogenated alkanes) is 1. The highest BCUT2D eigenvalue weighted by molar-refractivity contribution is 7.89. The quantitative estimate of drug-likeness (QED) is 0.0843. The number of rotatable bonds is 17. The van der Waals surface area contributed by atoms with Crippen molar-refractivity contribution >= 4 is 42.5 Å². The van der Waals surface area contributed by atoms with Gasteiger partial charge in [-0.3, -0.25) is 4.79 Å². The number of nitrogens with two attached hydrogens (primary N) is 1. The van der Waals surface area contributed by atoms with Crippen LogP contribution in [0.3, 0.4) is 0 Å². The monoisotopic (exact) mass is 669 g/mol. The molecule has 1 heterocycles. The highest BCUT2D eigenvalue weighted by Crippen LogP contribution is 2.24. The molecule has 13 heteroatoms. The Kier molecular flexibility index (Phi) is 12.0. The van der Waals surface area contributed by atoms with Crippen LogP contribution in [0.1, 0.15) is 38.7 Å². The Balaban J connectivity index is 1.41. The summed E-state index contributed by atoms with van der Waals surface area (Å²) in [5.41, 5.74) is 7.87. The molecule has 1 aromatic heterocycles. The second-order valence-electron chi connectivity index (χ2n) is 11.7. The predicted molar refractivity (Wildman–Crippen MR) is 180 cm³/mol. The number of aromatic amines is 1. The van der Waals surface area contributed by atoms with Gasteiger partial charge in [-0.25, -0.2) is 16.8 Å². The number of hydrogen-bond acceptors (Lipinski definition) is 7. The molecule has 3 aromatic carbocycles. The third-order valence-electron chi connectivity index (χ3n) is 7.68. The first-order valence-electron chi connectivity index (χ1n) is 15.3. The highest BCUT2D eigenvalue weighted by Gasteiger charge is 2.32. The van der Waals surface area contributed by atoms with Crippen LogP contribution in [0.4, 0.5) is 5.69 Å². The Morgan fingerprint density at radius 1 is 0.913 bits per heavy atom. The zero-order chi connectivity index (χ0) is 33.3. The van der Waals surface area contributed by atoms with E-state index < -0.39 is 38.0 Å². The molecule has 1 unspecified atom stereocenters. The van der Waals surface area contributed by atoms with Gasteiger partial charge in [-0.2, -0.15) is 9.03 Å². The molecular formula is C33H43N5O6S2. The van der Waals surface area contributed by atoms with Crippen LogP contribution in [0.25, 0.3) is 10.9 Å². The van der Waals surface area contributed by atoms with E-state index in [1.54, 1.807) is 24.4 Å². The normalized spacial score (nSPS) is 13.7. The maximum atomic E-state index is 13.5. The van der Waals surface area contributed by atoms with E-state index in [0.717, 1.165) is 16.5 Å². The number of sulfonamides is 2. The van der Waals surface area contributed by atoms with Crippen LogP contribution in [0.2, 0.25) is 0 Å². The Morgan fingerprint density at radius 2 is 1.59 bits per heavy atom. The van der Waals surface area contributed by atoms with Crippen molar-refractivity contribution in [3.05, 3.63) is 90.6 Å². The summed E-state index contributed by atoms with van der Waals surface area (Å²) in [6.07, 6.45) is 3.28. The number of benzene rings is 3. The van der Waals surface area contributed by atoms with Gasteiger partial charge in [0.1, 0.15) is 6.04 Å². The highest BCUT2D eigenvalue weighted by atomic mass is 32.2. The second kappa shape index (κ2) is 15.7. The van der Waals surface area contributed by atoms with Gasteiger partial charge in [0.2, 0.25) is 26.0 Å². The molecule has 0 aliphatic heterocycles. The average Bonchev–Trinajstić information content (AvgIpc) is 3.44. The number of fused-ring (bicyclic) bond motifs is 1. The first-order chi connectivity index (χ1) is 21.9. The first-order valence-corrected chi connectivity index (χ1v) is 18.2. The van der Waals surface area contributed by atoms with Gasteiger partial charge in [-0.05, 0) is 73.2 Å². The molecule has 0 saturated heterocycles. The van der Waals surface area contributed by atoms with E-state index in [2.05, 4.69) is 15.0 Å². The van der Waals surface area contributed by atoms with Gasteiger partial charge in [0.25, 0.3) is 0 Å². The van der Waals surface area contributed by atoms with Crippen molar-refractivity contribution in [2.75, 3.05) is 25.4 Å². The number of aliphatic hydroxyl groups is 1. The number of hydrogen-bond donors (Lipinski definition) is 5. The number of carbonyl (C=O) groups is 1. The minimum atomic E-state index is -3.99. The molecule has 248 valence electrons. The summed E-state index contributed by atoms with van der Waals surface area (Å²) in [7, 11) is -7.88. The summed E-state index contributed by atoms with van der Waals surface area (Å²) in [4.78, 5) is 16.8. The number of anilines is 1. The Morgan fingerprint density at radius 3 is 2.26 bits per heavy atom. The molecule has 0 radical (unpaired) electrons. The van der Waals surface area contributed by atoms with Crippen LogP contribution in [0, 0.1) is 5.92 Å². The summed E-state index contributed by atoms with van der Waals surface area (Å²) >= 11 is 0. The molecule has 0 bridgehead atoms. The third-order valence-corrected chi connectivity index (χ3v) is 11.1. The lowest BCUT2D eigenvalue weighted by atomic mass is 10.0. The van der Waals surface area contributed by atoms with Gasteiger partial charge in [-0.15, -0.1) is 0 Å². The maximum absolute atomic E-state index is 13.5. The van der Waals surface area contributed by atoms with Crippen LogP contribution < -0.4 is 15.8 Å².